The molecule has 1 amide bonds. The molecule has 0 aromatic carbocycles. The lowest BCUT2D eigenvalue weighted by Crippen LogP contribution is -2.34. The molecule has 14 heavy (non-hydrogen) atoms. The molecular weight excluding hydrogens is 178 g/mol. The molecule has 1 aliphatic rings. The Morgan fingerprint density at radius 1 is 1.21 bits per heavy atom. The van der Waals surface area contributed by atoms with Crippen molar-refractivity contribution in [3.05, 3.63) is 0 Å². The summed E-state index contributed by atoms with van der Waals surface area (Å²) in [6.45, 7) is 1.09. The van der Waals surface area contributed by atoms with Crippen LogP contribution < -0.4 is 5.32 Å². The molecule has 3 heteroatoms. The second-order valence-electron chi connectivity index (χ2n) is 4.06. The molecule has 1 rings (SSSR count). The first-order valence-electron chi connectivity index (χ1n) is 5.73. The number of nitrogens with one attached hydrogen (secondary N) is 1. The highest BCUT2D eigenvalue weighted by Gasteiger charge is 2.24. The lowest BCUT2D eigenvalue weighted by atomic mass is 9.85. The highest BCUT2D eigenvalue weighted by Crippen LogP contribution is 2.26. The molecule has 0 unspecified atom stereocenters. The molecule has 82 valence electrons. The van der Waals surface area contributed by atoms with Crippen molar-refractivity contribution in [3.8, 4) is 0 Å². The minimum atomic E-state index is 0.249. The fourth-order valence-corrected chi connectivity index (χ4v) is 1.62. The summed E-state index contributed by atoms with van der Waals surface area (Å²) in [7, 11) is 0. The maximum absolute atomic E-state index is 11.4. The summed E-state index contributed by atoms with van der Waals surface area (Å²) in [6, 6.07) is 0. The first-order valence-corrected chi connectivity index (χ1v) is 5.73. The minimum absolute atomic E-state index is 0.249. The molecule has 0 atom stereocenters. The van der Waals surface area contributed by atoms with Crippen LogP contribution in [0.25, 0.3) is 0 Å². The Kier molecular flexibility index (Phi) is 5.60. The number of hydrogen-bond donors (Lipinski definition) is 2. The molecule has 0 radical (unpaired) electrons. The van der Waals surface area contributed by atoms with Crippen LogP contribution in [-0.4, -0.2) is 24.2 Å². The third-order valence-corrected chi connectivity index (χ3v) is 2.86. The average Bonchev–Trinajstić information content (AvgIpc) is 2.08. The van der Waals surface area contributed by atoms with Gasteiger partial charge < -0.3 is 10.4 Å². The van der Waals surface area contributed by atoms with Gasteiger partial charge in [0.25, 0.3) is 0 Å². The molecule has 0 spiro atoms. The maximum atomic E-state index is 11.4. The van der Waals surface area contributed by atoms with Crippen LogP contribution in [-0.2, 0) is 4.79 Å². The smallest absolute Gasteiger partial charge is 0.223 e. The SMILES string of the molecule is O=C(NCCCCCCO)C1CCC1. The molecule has 0 bridgehead atoms. The van der Waals surface area contributed by atoms with Crippen LogP contribution in [0.5, 0.6) is 0 Å². The van der Waals surface area contributed by atoms with Crippen molar-refractivity contribution < 1.29 is 9.90 Å². The number of aliphatic hydroxyl groups excluding tert-OH is 1. The number of carbonyl (C=O) groups is 1. The van der Waals surface area contributed by atoms with Crippen LogP contribution in [0.1, 0.15) is 44.9 Å². The van der Waals surface area contributed by atoms with Crippen molar-refractivity contribution in [1.82, 2.24) is 5.32 Å². The van der Waals surface area contributed by atoms with E-state index in [1.165, 1.54) is 6.42 Å². The fourth-order valence-electron chi connectivity index (χ4n) is 1.62. The highest BCUT2D eigenvalue weighted by atomic mass is 16.2. The van der Waals surface area contributed by atoms with Crippen molar-refractivity contribution in [3.63, 3.8) is 0 Å². The average molecular weight is 199 g/mol. The standard InChI is InChI=1S/C11H21NO2/c13-9-4-2-1-3-8-12-11(14)10-6-5-7-10/h10,13H,1-9H2,(H,12,14). The summed E-state index contributed by atoms with van der Waals surface area (Å²) in [5, 5.41) is 11.5. The third kappa shape index (κ3) is 4.09. The van der Waals surface area contributed by atoms with Gasteiger partial charge in [0.1, 0.15) is 0 Å². The van der Waals surface area contributed by atoms with E-state index in [0.29, 0.717) is 5.92 Å². The Labute approximate surface area is 85.9 Å². The van der Waals surface area contributed by atoms with Gasteiger partial charge in [0.2, 0.25) is 5.91 Å². The largest absolute Gasteiger partial charge is 0.396 e. The van der Waals surface area contributed by atoms with Crippen molar-refractivity contribution in [2.24, 2.45) is 5.92 Å². The second-order valence-corrected chi connectivity index (χ2v) is 4.06. The molecule has 1 fully saturated rings. The highest BCUT2D eigenvalue weighted by molar-refractivity contribution is 5.79. The summed E-state index contributed by atoms with van der Waals surface area (Å²) >= 11 is 0. The van der Waals surface area contributed by atoms with Crippen LogP contribution in [0.3, 0.4) is 0 Å². The van der Waals surface area contributed by atoms with E-state index >= 15 is 0 Å². The van der Waals surface area contributed by atoms with Crippen LogP contribution in [0.4, 0.5) is 0 Å². The van der Waals surface area contributed by atoms with Crippen LogP contribution in [0.2, 0.25) is 0 Å². The molecule has 0 saturated heterocycles. The summed E-state index contributed by atoms with van der Waals surface area (Å²) in [5.74, 6) is 0.561. The first kappa shape index (κ1) is 11.5. The monoisotopic (exact) mass is 199 g/mol. The number of amides is 1. The predicted octanol–water partition coefficient (Wildman–Crippen LogP) is 1.46. The number of rotatable bonds is 7. The van der Waals surface area contributed by atoms with Crippen LogP contribution in [0, 0.1) is 5.92 Å². The quantitative estimate of drug-likeness (QED) is 0.610. The fraction of sp³-hybridized carbons (Fsp3) is 0.909. The number of hydrogen-bond acceptors (Lipinski definition) is 2. The lowest BCUT2D eigenvalue weighted by Gasteiger charge is -2.23. The van der Waals surface area contributed by atoms with Gasteiger partial charge in [-0.15, -0.1) is 0 Å². The van der Waals surface area contributed by atoms with E-state index in [0.717, 1.165) is 45.1 Å². The van der Waals surface area contributed by atoms with Gasteiger partial charge in [-0.1, -0.05) is 19.3 Å². The zero-order chi connectivity index (χ0) is 10.2. The Morgan fingerprint density at radius 2 is 1.93 bits per heavy atom. The van der Waals surface area contributed by atoms with E-state index in [-0.39, 0.29) is 12.5 Å². The third-order valence-electron chi connectivity index (χ3n) is 2.86. The van der Waals surface area contributed by atoms with Gasteiger partial charge in [-0.3, -0.25) is 4.79 Å². The summed E-state index contributed by atoms with van der Waals surface area (Å²) < 4.78 is 0. The molecule has 0 aromatic heterocycles. The van der Waals surface area contributed by atoms with Crippen molar-refractivity contribution in [2.45, 2.75) is 44.9 Å². The van der Waals surface area contributed by atoms with Gasteiger partial charge in [-0.05, 0) is 25.7 Å². The van der Waals surface area contributed by atoms with Crippen molar-refractivity contribution in [1.29, 1.82) is 0 Å². The molecule has 0 aliphatic heterocycles. The van der Waals surface area contributed by atoms with Gasteiger partial charge in [0.05, 0.1) is 0 Å². The predicted molar refractivity (Wildman–Crippen MR) is 55.9 cm³/mol. The van der Waals surface area contributed by atoms with E-state index in [1.807, 2.05) is 0 Å². The zero-order valence-electron chi connectivity index (χ0n) is 8.80. The lowest BCUT2D eigenvalue weighted by molar-refractivity contribution is -0.127. The van der Waals surface area contributed by atoms with E-state index in [9.17, 15) is 4.79 Å². The van der Waals surface area contributed by atoms with Gasteiger partial charge in [0.15, 0.2) is 0 Å². The molecule has 1 aliphatic carbocycles. The Hall–Kier alpha value is -0.570. The van der Waals surface area contributed by atoms with E-state index in [2.05, 4.69) is 5.32 Å². The molecule has 2 N–H and O–H groups in total. The van der Waals surface area contributed by atoms with Crippen molar-refractivity contribution in [2.75, 3.05) is 13.2 Å². The number of aliphatic hydroxyl groups is 1. The van der Waals surface area contributed by atoms with Crippen LogP contribution >= 0.6 is 0 Å². The summed E-state index contributed by atoms with van der Waals surface area (Å²) in [6.07, 6.45) is 7.47. The number of carbonyl (C=O) groups excluding carboxylic acids is 1. The normalized spacial score (nSPS) is 16.4. The minimum Gasteiger partial charge on any atom is -0.396 e. The Morgan fingerprint density at radius 3 is 2.50 bits per heavy atom. The van der Waals surface area contributed by atoms with Gasteiger partial charge in [-0.25, -0.2) is 0 Å². The molecule has 1 saturated carbocycles. The van der Waals surface area contributed by atoms with Crippen molar-refractivity contribution >= 4 is 5.91 Å². The molecular formula is C11H21NO2. The van der Waals surface area contributed by atoms with Gasteiger partial charge in [0, 0.05) is 19.1 Å². The van der Waals surface area contributed by atoms with Gasteiger partial charge >= 0.3 is 0 Å². The molecule has 0 heterocycles. The molecule has 0 aromatic rings. The first-order chi connectivity index (χ1) is 6.84. The number of unbranched alkanes of at least 4 members (excludes halogenated alkanes) is 3. The van der Waals surface area contributed by atoms with Crippen LogP contribution in [0.15, 0.2) is 0 Å². The summed E-state index contributed by atoms with van der Waals surface area (Å²) in [5.41, 5.74) is 0. The topological polar surface area (TPSA) is 49.3 Å². The van der Waals surface area contributed by atoms with E-state index in [4.69, 9.17) is 5.11 Å². The van der Waals surface area contributed by atoms with E-state index < -0.39 is 0 Å². The summed E-state index contributed by atoms with van der Waals surface area (Å²) in [4.78, 5) is 11.4. The zero-order valence-corrected chi connectivity index (χ0v) is 8.80. The Bertz CT molecular complexity index is 167. The van der Waals surface area contributed by atoms with Gasteiger partial charge in [-0.2, -0.15) is 0 Å². The van der Waals surface area contributed by atoms with E-state index in [1.54, 1.807) is 0 Å². The maximum Gasteiger partial charge on any atom is 0.223 e. The second kappa shape index (κ2) is 6.82. The Balaban J connectivity index is 1.85. The molecule has 3 nitrogen and oxygen atoms in total.